The molecule has 0 aliphatic heterocycles. The van der Waals surface area contributed by atoms with Gasteiger partial charge in [0.25, 0.3) is 0 Å². The van der Waals surface area contributed by atoms with Crippen molar-refractivity contribution in [3.05, 3.63) is 35.1 Å². The normalized spacial score (nSPS) is 33.9. The lowest BCUT2D eigenvalue weighted by atomic mass is 9.80. The van der Waals surface area contributed by atoms with Crippen molar-refractivity contribution < 1.29 is 15.0 Å². The summed E-state index contributed by atoms with van der Waals surface area (Å²) in [6.45, 7) is 2.03. The monoisotopic (exact) mass is 284 g/mol. The van der Waals surface area contributed by atoms with Crippen molar-refractivity contribution in [2.75, 3.05) is 0 Å². The van der Waals surface area contributed by atoms with Gasteiger partial charge in [0, 0.05) is 11.8 Å². The maximum absolute atomic E-state index is 12.9. The molecule has 3 heteroatoms. The first kappa shape index (κ1) is 12.9. The lowest BCUT2D eigenvalue weighted by molar-refractivity contribution is -0.118. The second-order valence-corrected chi connectivity index (χ2v) is 6.70. The lowest BCUT2D eigenvalue weighted by Crippen LogP contribution is -2.24. The zero-order valence-corrected chi connectivity index (χ0v) is 12.2. The number of rotatable bonds is 2. The summed E-state index contributed by atoms with van der Waals surface area (Å²) in [4.78, 5) is 12.9. The van der Waals surface area contributed by atoms with Gasteiger partial charge in [-0.1, -0.05) is 13.0 Å². The molecule has 0 amide bonds. The summed E-state index contributed by atoms with van der Waals surface area (Å²) in [6.07, 6.45) is 4.14. The van der Waals surface area contributed by atoms with Crippen LogP contribution in [0.2, 0.25) is 0 Å². The third-order valence-electron chi connectivity index (χ3n) is 5.78. The molecular weight excluding hydrogens is 264 g/mol. The molecule has 110 valence electrons. The summed E-state index contributed by atoms with van der Waals surface area (Å²) < 4.78 is 0. The average molecular weight is 284 g/mol. The first-order valence-corrected chi connectivity index (χ1v) is 7.91. The summed E-state index contributed by atoms with van der Waals surface area (Å²) in [5.74, 6) is 1.50. The van der Waals surface area contributed by atoms with Gasteiger partial charge < -0.3 is 10.2 Å². The van der Waals surface area contributed by atoms with Gasteiger partial charge in [0.15, 0.2) is 5.78 Å². The van der Waals surface area contributed by atoms with Crippen LogP contribution >= 0.6 is 0 Å². The molecule has 0 saturated heterocycles. The number of carbonyl (C=O) groups excluding carboxylic acids is 1. The van der Waals surface area contributed by atoms with E-state index in [0.29, 0.717) is 17.4 Å². The highest BCUT2D eigenvalue weighted by molar-refractivity contribution is 6.25. The van der Waals surface area contributed by atoms with E-state index in [1.54, 1.807) is 12.1 Å². The highest BCUT2D eigenvalue weighted by Crippen LogP contribution is 2.60. The molecule has 2 saturated carbocycles. The Morgan fingerprint density at radius 2 is 1.86 bits per heavy atom. The average Bonchev–Trinajstić information content (AvgIpc) is 3.13. The van der Waals surface area contributed by atoms with Crippen molar-refractivity contribution in [2.45, 2.75) is 32.6 Å². The van der Waals surface area contributed by atoms with Gasteiger partial charge in [0.1, 0.15) is 11.5 Å². The van der Waals surface area contributed by atoms with Crippen molar-refractivity contribution in [3.8, 4) is 5.75 Å². The first-order valence-electron chi connectivity index (χ1n) is 7.91. The molecule has 0 aromatic heterocycles. The van der Waals surface area contributed by atoms with Crippen LogP contribution in [0.1, 0.15) is 37.3 Å². The Morgan fingerprint density at radius 3 is 2.52 bits per heavy atom. The Kier molecular flexibility index (Phi) is 2.69. The summed E-state index contributed by atoms with van der Waals surface area (Å²) in [6, 6.07) is 5.12. The second kappa shape index (κ2) is 4.36. The quantitative estimate of drug-likeness (QED) is 0.874. The standard InChI is InChI=1S/C18H20O3/c1-2-9-5-6-12(19)8-13(9)16-17(20)14-10-3-4-11(7-10)15(14)18(16)21/h5-6,8,10-11,14-15,19-20H,2-4,7H2,1H3/t10-,11-,14+,15-/m1/s1. The molecule has 3 aliphatic carbocycles. The molecule has 2 N–H and O–H groups in total. The van der Waals surface area contributed by atoms with Crippen LogP contribution in [0.3, 0.4) is 0 Å². The summed E-state index contributed by atoms with van der Waals surface area (Å²) >= 11 is 0. The third kappa shape index (κ3) is 1.63. The van der Waals surface area contributed by atoms with Gasteiger partial charge >= 0.3 is 0 Å². The molecule has 0 unspecified atom stereocenters. The van der Waals surface area contributed by atoms with Crippen molar-refractivity contribution in [1.29, 1.82) is 0 Å². The molecule has 1 aromatic rings. The Balaban J connectivity index is 1.85. The Labute approximate surface area is 124 Å². The zero-order valence-electron chi connectivity index (χ0n) is 12.2. The molecule has 3 nitrogen and oxygen atoms in total. The molecule has 0 spiro atoms. The van der Waals surface area contributed by atoms with E-state index in [1.807, 2.05) is 13.0 Å². The minimum absolute atomic E-state index is 0.00851. The Hall–Kier alpha value is -1.77. The highest BCUT2D eigenvalue weighted by Gasteiger charge is 2.57. The van der Waals surface area contributed by atoms with Crippen LogP contribution in [0.5, 0.6) is 5.75 Å². The molecule has 3 aliphatic rings. The number of aryl methyl sites for hydroxylation is 1. The van der Waals surface area contributed by atoms with Crippen LogP contribution in [0, 0.1) is 23.7 Å². The van der Waals surface area contributed by atoms with Crippen LogP contribution in [0.25, 0.3) is 5.57 Å². The van der Waals surface area contributed by atoms with Crippen molar-refractivity contribution in [2.24, 2.45) is 23.7 Å². The number of aliphatic hydroxyl groups is 1. The fourth-order valence-electron chi connectivity index (χ4n) is 4.90. The number of fused-ring (bicyclic) bond motifs is 5. The summed E-state index contributed by atoms with van der Waals surface area (Å²) in [5.41, 5.74) is 2.22. The van der Waals surface area contributed by atoms with Gasteiger partial charge in [-0.25, -0.2) is 0 Å². The first-order chi connectivity index (χ1) is 10.1. The van der Waals surface area contributed by atoms with Crippen LogP contribution < -0.4 is 0 Å². The number of ketones is 1. The van der Waals surface area contributed by atoms with E-state index in [4.69, 9.17) is 0 Å². The fourth-order valence-corrected chi connectivity index (χ4v) is 4.90. The van der Waals surface area contributed by atoms with Gasteiger partial charge in [-0.3, -0.25) is 4.79 Å². The van der Waals surface area contributed by atoms with E-state index in [1.165, 1.54) is 0 Å². The van der Waals surface area contributed by atoms with Gasteiger partial charge in [-0.15, -0.1) is 0 Å². The minimum Gasteiger partial charge on any atom is -0.511 e. The van der Waals surface area contributed by atoms with Gasteiger partial charge in [0.05, 0.1) is 5.57 Å². The summed E-state index contributed by atoms with van der Waals surface area (Å²) in [5, 5.41) is 20.5. The molecule has 0 radical (unpaired) electrons. The molecule has 0 heterocycles. The number of hydrogen-bond acceptors (Lipinski definition) is 3. The SMILES string of the molecule is CCc1ccc(O)cc1C1=C(O)[C@H]2[C@@H]3CC[C@H](C3)[C@H]2C1=O. The van der Waals surface area contributed by atoms with E-state index in [-0.39, 0.29) is 29.1 Å². The minimum atomic E-state index is -0.00851. The van der Waals surface area contributed by atoms with Crippen molar-refractivity contribution in [3.63, 3.8) is 0 Å². The number of aliphatic hydroxyl groups excluding tert-OH is 1. The molecular formula is C18H20O3. The highest BCUT2D eigenvalue weighted by atomic mass is 16.3. The number of hydrogen-bond donors (Lipinski definition) is 2. The number of carbonyl (C=O) groups is 1. The molecule has 2 fully saturated rings. The van der Waals surface area contributed by atoms with E-state index in [0.717, 1.165) is 36.8 Å². The Morgan fingerprint density at radius 1 is 1.14 bits per heavy atom. The van der Waals surface area contributed by atoms with Crippen LogP contribution in [-0.2, 0) is 11.2 Å². The van der Waals surface area contributed by atoms with Gasteiger partial charge in [-0.05, 0) is 60.8 Å². The van der Waals surface area contributed by atoms with E-state index < -0.39 is 0 Å². The molecule has 1 aromatic carbocycles. The smallest absolute Gasteiger partial charge is 0.170 e. The largest absolute Gasteiger partial charge is 0.511 e. The predicted octanol–water partition coefficient (Wildman–Crippen LogP) is 3.47. The lowest BCUT2D eigenvalue weighted by Gasteiger charge is -2.23. The number of aromatic hydroxyl groups is 1. The molecule has 4 rings (SSSR count). The van der Waals surface area contributed by atoms with E-state index >= 15 is 0 Å². The van der Waals surface area contributed by atoms with Crippen LogP contribution in [-0.4, -0.2) is 16.0 Å². The number of phenols is 1. The zero-order chi connectivity index (χ0) is 14.7. The van der Waals surface area contributed by atoms with Crippen molar-refractivity contribution in [1.82, 2.24) is 0 Å². The van der Waals surface area contributed by atoms with Crippen molar-refractivity contribution >= 4 is 11.4 Å². The number of allylic oxidation sites excluding steroid dienone is 2. The number of Topliss-reactive ketones (excluding diaryl/α,β-unsaturated/α-hetero) is 1. The number of phenolic OH excluding ortho intramolecular Hbond substituents is 1. The predicted molar refractivity (Wildman–Crippen MR) is 79.9 cm³/mol. The van der Waals surface area contributed by atoms with E-state index in [2.05, 4.69) is 0 Å². The second-order valence-electron chi connectivity index (χ2n) is 6.70. The molecule has 21 heavy (non-hydrogen) atoms. The number of benzene rings is 1. The fraction of sp³-hybridized carbons (Fsp3) is 0.500. The van der Waals surface area contributed by atoms with E-state index in [9.17, 15) is 15.0 Å². The van der Waals surface area contributed by atoms with Crippen LogP contribution in [0.15, 0.2) is 24.0 Å². The maximum Gasteiger partial charge on any atom is 0.170 e. The van der Waals surface area contributed by atoms with Crippen LogP contribution in [0.4, 0.5) is 0 Å². The summed E-state index contributed by atoms with van der Waals surface area (Å²) in [7, 11) is 0. The van der Waals surface area contributed by atoms with Gasteiger partial charge in [0.2, 0.25) is 0 Å². The maximum atomic E-state index is 12.9. The topological polar surface area (TPSA) is 57.5 Å². The molecule has 2 bridgehead atoms. The third-order valence-corrected chi connectivity index (χ3v) is 5.78. The molecule has 4 atom stereocenters. The Bertz CT molecular complexity index is 658. The van der Waals surface area contributed by atoms with Gasteiger partial charge in [-0.2, -0.15) is 0 Å².